The summed E-state index contributed by atoms with van der Waals surface area (Å²) in [5, 5.41) is 0. The molecule has 1 aromatic carbocycles. The standard InChI is InChI=1S/C19H12F4N6/c20-13-4-1-11(2-5-13)14-7-16(19(21,22)23)28-18(27-14)29-9-15(26-10-29)12-3-6-17(24)25-8-12/h1-10H,(H2,24,25). The lowest BCUT2D eigenvalue weighted by Gasteiger charge is -2.11. The van der Waals surface area contributed by atoms with Crippen LogP contribution in [0.3, 0.4) is 0 Å². The fourth-order valence-electron chi connectivity index (χ4n) is 2.60. The number of pyridine rings is 1. The number of nitrogens with two attached hydrogens (primary N) is 1. The van der Waals surface area contributed by atoms with Crippen molar-refractivity contribution in [1.29, 1.82) is 0 Å². The Morgan fingerprint density at radius 1 is 0.862 bits per heavy atom. The minimum absolute atomic E-state index is 0.00623. The van der Waals surface area contributed by atoms with Crippen molar-refractivity contribution in [3.63, 3.8) is 0 Å². The number of alkyl halides is 3. The Kier molecular flexibility index (Phi) is 4.45. The van der Waals surface area contributed by atoms with Gasteiger partial charge in [-0.1, -0.05) is 0 Å². The van der Waals surface area contributed by atoms with Gasteiger partial charge in [-0.2, -0.15) is 13.2 Å². The van der Waals surface area contributed by atoms with Gasteiger partial charge in [0.15, 0.2) is 5.69 Å². The van der Waals surface area contributed by atoms with Crippen molar-refractivity contribution in [1.82, 2.24) is 24.5 Å². The van der Waals surface area contributed by atoms with Gasteiger partial charge in [0.25, 0.3) is 0 Å². The van der Waals surface area contributed by atoms with Gasteiger partial charge in [-0.3, -0.25) is 4.57 Å². The first-order valence-corrected chi connectivity index (χ1v) is 8.28. The van der Waals surface area contributed by atoms with E-state index in [1.165, 1.54) is 35.4 Å². The Labute approximate surface area is 161 Å². The van der Waals surface area contributed by atoms with Gasteiger partial charge < -0.3 is 5.73 Å². The van der Waals surface area contributed by atoms with E-state index in [1.807, 2.05) is 0 Å². The zero-order valence-electron chi connectivity index (χ0n) is 14.6. The van der Waals surface area contributed by atoms with E-state index in [1.54, 1.807) is 12.1 Å². The number of benzene rings is 1. The number of nitrogens with zero attached hydrogens (tertiary/aromatic N) is 5. The Balaban J connectivity index is 1.80. The number of aromatic nitrogens is 5. The van der Waals surface area contributed by atoms with Crippen LogP contribution in [0.1, 0.15) is 5.69 Å². The molecule has 0 aliphatic heterocycles. The van der Waals surface area contributed by atoms with Crippen LogP contribution in [0.2, 0.25) is 0 Å². The van der Waals surface area contributed by atoms with Crippen LogP contribution in [0, 0.1) is 5.82 Å². The van der Waals surface area contributed by atoms with Gasteiger partial charge in [0.1, 0.15) is 18.0 Å². The third kappa shape index (κ3) is 3.91. The average molecular weight is 400 g/mol. The first-order chi connectivity index (χ1) is 13.8. The highest BCUT2D eigenvalue weighted by atomic mass is 19.4. The highest BCUT2D eigenvalue weighted by Crippen LogP contribution is 2.31. The van der Waals surface area contributed by atoms with Gasteiger partial charge >= 0.3 is 6.18 Å². The molecule has 10 heteroatoms. The molecule has 0 aliphatic carbocycles. The summed E-state index contributed by atoms with van der Waals surface area (Å²) in [5.74, 6) is -0.393. The average Bonchev–Trinajstić information content (AvgIpc) is 3.18. The van der Waals surface area contributed by atoms with Crippen molar-refractivity contribution >= 4 is 5.82 Å². The second-order valence-corrected chi connectivity index (χ2v) is 6.08. The molecule has 3 aromatic heterocycles. The van der Waals surface area contributed by atoms with E-state index in [9.17, 15) is 17.6 Å². The number of halogens is 4. The number of hydrogen-bond acceptors (Lipinski definition) is 5. The van der Waals surface area contributed by atoms with Crippen molar-refractivity contribution in [2.45, 2.75) is 6.18 Å². The summed E-state index contributed by atoms with van der Waals surface area (Å²) in [5.41, 5.74) is 5.85. The third-order valence-corrected chi connectivity index (χ3v) is 4.04. The molecule has 146 valence electrons. The number of rotatable bonds is 3. The van der Waals surface area contributed by atoms with Crippen LogP contribution < -0.4 is 5.73 Å². The maximum atomic E-state index is 13.4. The summed E-state index contributed by atoms with van der Waals surface area (Å²) in [7, 11) is 0. The number of hydrogen-bond donors (Lipinski definition) is 1. The quantitative estimate of drug-likeness (QED) is 0.523. The first-order valence-electron chi connectivity index (χ1n) is 8.28. The Morgan fingerprint density at radius 2 is 1.59 bits per heavy atom. The number of imidazole rings is 1. The molecule has 29 heavy (non-hydrogen) atoms. The molecule has 2 N–H and O–H groups in total. The van der Waals surface area contributed by atoms with Crippen LogP contribution in [0.5, 0.6) is 0 Å². The molecule has 0 saturated carbocycles. The van der Waals surface area contributed by atoms with Crippen LogP contribution in [0.4, 0.5) is 23.4 Å². The topological polar surface area (TPSA) is 82.5 Å². The molecule has 6 nitrogen and oxygen atoms in total. The summed E-state index contributed by atoms with van der Waals surface area (Å²) < 4.78 is 54.5. The van der Waals surface area contributed by atoms with E-state index in [2.05, 4.69) is 19.9 Å². The summed E-state index contributed by atoms with van der Waals surface area (Å²) in [6, 6.07) is 9.08. The highest BCUT2D eigenvalue weighted by molar-refractivity contribution is 5.61. The Morgan fingerprint density at radius 3 is 2.24 bits per heavy atom. The zero-order valence-corrected chi connectivity index (χ0v) is 14.6. The van der Waals surface area contributed by atoms with Crippen LogP contribution in [-0.2, 0) is 6.18 Å². The maximum absolute atomic E-state index is 13.4. The van der Waals surface area contributed by atoms with Crippen molar-refractivity contribution < 1.29 is 17.6 Å². The van der Waals surface area contributed by atoms with Gasteiger partial charge in [-0.15, -0.1) is 0 Å². The van der Waals surface area contributed by atoms with E-state index in [0.29, 0.717) is 22.6 Å². The van der Waals surface area contributed by atoms with Crippen molar-refractivity contribution in [3.05, 3.63) is 72.7 Å². The lowest BCUT2D eigenvalue weighted by molar-refractivity contribution is -0.141. The van der Waals surface area contributed by atoms with Crippen molar-refractivity contribution in [3.8, 4) is 28.5 Å². The van der Waals surface area contributed by atoms with E-state index in [0.717, 1.165) is 18.2 Å². The summed E-state index contributed by atoms with van der Waals surface area (Å²) in [6.45, 7) is 0. The minimum atomic E-state index is -4.68. The van der Waals surface area contributed by atoms with Gasteiger partial charge in [0.05, 0.1) is 11.4 Å². The van der Waals surface area contributed by atoms with Gasteiger partial charge in [-0.05, 0) is 42.5 Å². The molecule has 3 heterocycles. The molecule has 0 spiro atoms. The summed E-state index contributed by atoms with van der Waals surface area (Å²) >= 11 is 0. The molecular formula is C19H12F4N6. The second-order valence-electron chi connectivity index (χ2n) is 6.08. The summed E-state index contributed by atoms with van der Waals surface area (Å²) in [6.07, 6.45) is -0.400. The Bertz CT molecular complexity index is 1150. The molecule has 0 unspecified atom stereocenters. The minimum Gasteiger partial charge on any atom is -0.384 e. The molecule has 4 rings (SSSR count). The predicted octanol–water partition coefficient (Wildman–Crippen LogP) is 4.13. The molecule has 4 aromatic rings. The van der Waals surface area contributed by atoms with Gasteiger partial charge in [0, 0.05) is 23.5 Å². The molecule has 0 bridgehead atoms. The van der Waals surface area contributed by atoms with E-state index in [4.69, 9.17) is 5.73 Å². The molecule has 0 aliphatic rings. The normalized spacial score (nSPS) is 11.6. The lowest BCUT2D eigenvalue weighted by atomic mass is 10.1. The largest absolute Gasteiger partial charge is 0.433 e. The summed E-state index contributed by atoms with van der Waals surface area (Å²) in [4.78, 5) is 15.9. The zero-order chi connectivity index (χ0) is 20.6. The van der Waals surface area contributed by atoms with Gasteiger partial charge in [-0.25, -0.2) is 24.3 Å². The van der Waals surface area contributed by atoms with Crippen molar-refractivity contribution in [2.24, 2.45) is 0 Å². The molecule has 0 radical (unpaired) electrons. The SMILES string of the molecule is Nc1ccc(-c2cn(-c3nc(-c4ccc(F)cc4)cc(C(F)(F)F)n3)cn2)cn1. The monoisotopic (exact) mass is 400 g/mol. The molecular weight excluding hydrogens is 388 g/mol. The highest BCUT2D eigenvalue weighted by Gasteiger charge is 2.34. The van der Waals surface area contributed by atoms with E-state index < -0.39 is 17.7 Å². The van der Waals surface area contributed by atoms with Crippen LogP contribution in [-0.4, -0.2) is 24.5 Å². The first kappa shape index (κ1) is 18.5. The van der Waals surface area contributed by atoms with Crippen molar-refractivity contribution in [2.75, 3.05) is 5.73 Å². The smallest absolute Gasteiger partial charge is 0.384 e. The predicted molar refractivity (Wildman–Crippen MR) is 97.2 cm³/mol. The number of anilines is 1. The lowest BCUT2D eigenvalue weighted by Crippen LogP contribution is -2.12. The third-order valence-electron chi connectivity index (χ3n) is 4.04. The molecule has 0 atom stereocenters. The fraction of sp³-hybridized carbons (Fsp3) is 0.0526. The fourth-order valence-corrected chi connectivity index (χ4v) is 2.60. The Hall–Kier alpha value is -3.82. The van der Waals surface area contributed by atoms with Crippen LogP contribution >= 0.6 is 0 Å². The van der Waals surface area contributed by atoms with Crippen LogP contribution in [0.15, 0.2) is 61.2 Å². The van der Waals surface area contributed by atoms with Crippen LogP contribution in [0.25, 0.3) is 28.5 Å². The second kappa shape index (κ2) is 6.97. The van der Waals surface area contributed by atoms with E-state index in [-0.39, 0.29) is 11.6 Å². The number of nitrogen functional groups attached to an aromatic ring is 1. The molecule has 0 amide bonds. The maximum Gasteiger partial charge on any atom is 0.433 e. The molecule has 0 saturated heterocycles. The van der Waals surface area contributed by atoms with E-state index >= 15 is 0 Å². The molecule has 0 fully saturated rings. The van der Waals surface area contributed by atoms with Gasteiger partial charge in [0.2, 0.25) is 5.95 Å².